The maximum absolute atomic E-state index is 13.8. The van der Waals surface area contributed by atoms with Crippen LogP contribution in [-0.4, -0.2) is 119 Å². The first kappa shape index (κ1) is 41.9. The van der Waals surface area contributed by atoms with Gasteiger partial charge in [-0.25, -0.2) is 28.0 Å². The molecule has 0 radical (unpaired) electrons. The van der Waals surface area contributed by atoms with Gasteiger partial charge in [0.25, 0.3) is 0 Å². The molecule has 0 unspecified atom stereocenters. The zero-order valence-electron chi connectivity index (χ0n) is 33.7. The van der Waals surface area contributed by atoms with E-state index in [0.29, 0.717) is 23.9 Å². The maximum Gasteiger partial charge on any atom is 0.407 e. The number of nitrogens with one attached hydrogen (secondary N) is 4. The molecule has 17 nitrogen and oxygen atoms in total. The minimum atomic E-state index is -3.64. The van der Waals surface area contributed by atoms with E-state index in [4.69, 9.17) is 9.47 Å². The van der Waals surface area contributed by atoms with Gasteiger partial charge in [-0.3, -0.25) is 9.59 Å². The summed E-state index contributed by atoms with van der Waals surface area (Å²) in [5.41, 5.74) is 5.25. The van der Waals surface area contributed by atoms with Crippen LogP contribution < -0.4 is 10.6 Å². The Morgan fingerprint density at radius 1 is 0.707 bits per heavy atom. The number of nitrogens with zero attached hydrogens (tertiary/aromatic N) is 5. The minimum Gasteiger partial charge on any atom is -0.453 e. The summed E-state index contributed by atoms with van der Waals surface area (Å²) in [6, 6.07) is 13.4. The first-order valence-electron chi connectivity index (χ1n) is 19.2. The van der Waals surface area contributed by atoms with Gasteiger partial charge in [-0.15, -0.1) is 0 Å². The molecule has 2 fully saturated rings. The van der Waals surface area contributed by atoms with Gasteiger partial charge in [0.05, 0.1) is 57.0 Å². The van der Waals surface area contributed by atoms with Gasteiger partial charge in [-0.05, 0) is 46.9 Å². The quantitative estimate of drug-likeness (QED) is 0.155. The number of carbonyl (C=O) groups excluding carboxylic acids is 4. The number of alkyl carbamates (subject to hydrolysis) is 2. The first-order chi connectivity index (χ1) is 27.6. The number of H-pyrrole nitrogens is 2. The summed E-state index contributed by atoms with van der Waals surface area (Å²) in [6.45, 7) is 7.72. The van der Waals surface area contributed by atoms with E-state index < -0.39 is 46.2 Å². The molecule has 58 heavy (non-hydrogen) atoms. The highest BCUT2D eigenvalue weighted by atomic mass is 32.2. The van der Waals surface area contributed by atoms with E-state index in [9.17, 15) is 27.6 Å². The average molecular weight is 818 g/mol. The summed E-state index contributed by atoms with van der Waals surface area (Å²) in [4.78, 5) is 70.4. The van der Waals surface area contributed by atoms with Crippen molar-refractivity contribution in [3.8, 4) is 33.6 Å². The van der Waals surface area contributed by atoms with Crippen molar-refractivity contribution >= 4 is 34.0 Å². The third-order valence-corrected chi connectivity index (χ3v) is 11.9. The van der Waals surface area contributed by atoms with Crippen molar-refractivity contribution in [3.05, 3.63) is 72.6 Å². The van der Waals surface area contributed by atoms with Gasteiger partial charge in [-0.1, -0.05) is 76.2 Å². The molecule has 4 amide bonds. The fourth-order valence-corrected chi connectivity index (χ4v) is 8.12. The lowest BCUT2D eigenvalue weighted by atomic mass is 10.0. The molecule has 4 N–H and O–H groups in total. The number of sulfonamides is 1. The molecule has 2 aliphatic heterocycles. The van der Waals surface area contributed by atoms with Gasteiger partial charge in [0.15, 0.2) is 0 Å². The van der Waals surface area contributed by atoms with E-state index in [-0.39, 0.29) is 37.0 Å². The third-order valence-electron chi connectivity index (χ3n) is 10.7. The number of ether oxygens (including phenoxy) is 2. The van der Waals surface area contributed by atoms with E-state index >= 15 is 0 Å². The van der Waals surface area contributed by atoms with Crippen LogP contribution in [0.2, 0.25) is 0 Å². The number of hydrogen-bond donors (Lipinski definition) is 4. The smallest absolute Gasteiger partial charge is 0.407 e. The number of methoxy groups -OCH3 is 2. The van der Waals surface area contributed by atoms with Crippen molar-refractivity contribution in [2.45, 2.75) is 64.7 Å². The second-order valence-corrected chi connectivity index (χ2v) is 17.3. The zero-order valence-corrected chi connectivity index (χ0v) is 34.5. The Hall–Kier alpha value is -5.75. The highest BCUT2D eigenvalue weighted by Crippen LogP contribution is 2.34. The molecule has 18 heteroatoms. The molecule has 0 saturated carbocycles. The number of hydrogen-bond acceptors (Lipinski definition) is 10. The van der Waals surface area contributed by atoms with Crippen molar-refractivity contribution in [1.82, 2.24) is 44.7 Å². The van der Waals surface area contributed by atoms with Crippen LogP contribution in [0, 0.1) is 11.8 Å². The summed E-state index contributed by atoms with van der Waals surface area (Å²) in [5, 5.41) is 5.26. The Bertz CT molecular complexity index is 2220. The van der Waals surface area contributed by atoms with Crippen LogP contribution in [0.4, 0.5) is 9.59 Å². The molecule has 0 spiro atoms. The Kier molecular flexibility index (Phi) is 12.6. The van der Waals surface area contributed by atoms with Crippen LogP contribution >= 0.6 is 0 Å². The van der Waals surface area contributed by atoms with Crippen LogP contribution in [0.3, 0.4) is 0 Å². The number of amides is 4. The van der Waals surface area contributed by atoms with Crippen LogP contribution in [0.15, 0.2) is 60.9 Å². The normalized spacial score (nSPS) is 18.4. The number of imidazole rings is 2. The highest BCUT2D eigenvalue weighted by Gasteiger charge is 2.43. The minimum absolute atomic E-state index is 0.00296. The van der Waals surface area contributed by atoms with Crippen LogP contribution in [-0.2, 0) is 29.1 Å². The molecule has 2 aromatic heterocycles. The average Bonchev–Trinajstić information content (AvgIpc) is 4.04. The second-order valence-electron chi connectivity index (χ2n) is 15.3. The van der Waals surface area contributed by atoms with Gasteiger partial charge in [0.2, 0.25) is 21.8 Å². The fraction of sp³-hybridized carbons (Fsp3) is 0.450. The Labute approximate surface area is 337 Å². The number of aromatic amines is 2. The van der Waals surface area contributed by atoms with Crippen LogP contribution in [0.1, 0.15) is 64.3 Å². The SMILES string of the molecule is COC(=O)N[C@H](C(=O)N1CCC[C@H]1c1ncc(-c2ccc(-c3ccc(-c4cnc([C@@H]5CN(S(C)(=O)=O)CN5C(=O)[C@@H](NC(=O)OC)C(C)C)[nH]4)cc3)cc2)[nH]1)C(C)C. The number of benzene rings is 2. The summed E-state index contributed by atoms with van der Waals surface area (Å²) < 4.78 is 35.8. The van der Waals surface area contributed by atoms with Gasteiger partial charge >= 0.3 is 12.2 Å². The molecule has 2 aromatic carbocycles. The molecule has 6 rings (SSSR count). The molecule has 0 bridgehead atoms. The van der Waals surface area contributed by atoms with Crippen LogP contribution in [0.5, 0.6) is 0 Å². The highest BCUT2D eigenvalue weighted by molar-refractivity contribution is 7.88. The summed E-state index contributed by atoms with van der Waals surface area (Å²) in [6.07, 6.45) is 4.69. The second kappa shape index (κ2) is 17.4. The van der Waals surface area contributed by atoms with Gasteiger partial charge in [-0.2, -0.15) is 4.31 Å². The van der Waals surface area contributed by atoms with Crippen LogP contribution in [0.25, 0.3) is 33.6 Å². The number of rotatable bonds is 12. The molecule has 2 aliphatic rings. The molecule has 4 atom stereocenters. The van der Waals surface area contributed by atoms with E-state index in [1.54, 1.807) is 31.1 Å². The van der Waals surface area contributed by atoms with Crippen molar-refractivity contribution in [2.75, 3.05) is 40.2 Å². The predicted molar refractivity (Wildman–Crippen MR) is 215 cm³/mol. The molecule has 4 heterocycles. The van der Waals surface area contributed by atoms with Crippen molar-refractivity contribution in [2.24, 2.45) is 11.8 Å². The molecule has 0 aliphatic carbocycles. The maximum atomic E-state index is 13.8. The van der Waals surface area contributed by atoms with E-state index in [1.807, 2.05) is 62.4 Å². The van der Waals surface area contributed by atoms with Crippen molar-refractivity contribution in [1.29, 1.82) is 0 Å². The first-order valence-corrected chi connectivity index (χ1v) is 21.0. The van der Waals surface area contributed by atoms with E-state index in [1.165, 1.54) is 23.4 Å². The fourth-order valence-electron chi connectivity index (χ4n) is 7.38. The lowest BCUT2D eigenvalue weighted by Crippen LogP contribution is -2.51. The van der Waals surface area contributed by atoms with Gasteiger partial charge < -0.3 is 39.9 Å². The van der Waals surface area contributed by atoms with Gasteiger partial charge in [0.1, 0.15) is 29.8 Å². The predicted octanol–water partition coefficient (Wildman–Crippen LogP) is 4.66. The van der Waals surface area contributed by atoms with Crippen molar-refractivity contribution < 1.29 is 37.1 Å². The summed E-state index contributed by atoms with van der Waals surface area (Å²) >= 11 is 0. The molecule has 4 aromatic rings. The number of likely N-dealkylation sites (tertiary alicyclic amines) is 1. The lowest BCUT2D eigenvalue weighted by Gasteiger charge is -2.30. The third kappa shape index (κ3) is 9.02. The summed E-state index contributed by atoms with van der Waals surface area (Å²) in [7, 11) is -1.16. The Balaban J connectivity index is 1.14. The Morgan fingerprint density at radius 3 is 1.57 bits per heavy atom. The largest absolute Gasteiger partial charge is 0.453 e. The molecular weight excluding hydrogens is 767 g/mol. The zero-order chi connectivity index (χ0) is 41.9. The molecule has 310 valence electrons. The number of aromatic nitrogens is 4. The number of carbonyl (C=O) groups is 4. The standard InChI is InChI=1S/C40H51N9O8S/c1-23(2)33(45-39(52)56-5)37(50)48-18-8-9-31(48)35-41-19-29(43-35)27-14-10-25(11-15-27)26-12-16-28(17-13-26)30-20-42-36(44-30)32-21-47(58(7,54)55)22-49(32)38(51)34(24(3)4)46-40(53)57-6/h10-17,19-20,23-24,31-34H,8-9,18,21-22H2,1-7H3,(H,41,43)(H,42,44)(H,45,52)(H,46,53)/t31-,32-,33-,34-/m0/s1. The topological polar surface area (TPSA) is 212 Å². The lowest BCUT2D eigenvalue weighted by molar-refractivity contribution is -0.136. The molecular formula is C40H51N9O8S. The molecule has 2 saturated heterocycles. The van der Waals surface area contributed by atoms with E-state index in [0.717, 1.165) is 47.0 Å². The monoisotopic (exact) mass is 817 g/mol. The van der Waals surface area contributed by atoms with Gasteiger partial charge in [0, 0.05) is 13.1 Å². The summed E-state index contributed by atoms with van der Waals surface area (Å²) in [5.74, 6) is 0.0757. The van der Waals surface area contributed by atoms with E-state index in [2.05, 4.69) is 30.6 Å². The van der Waals surface area contributed by atoms with Crippen molar-refractivity contribution in [3.63, 3.8) is 0 Å². The Morgan fingerprint density at radius 2 is 1.14 bits per heavy atom.